The van der Waals surface area contributed by atoms with E-state index < -0.39 is 5.97 Å². The Morgan fingerprint density at radius 2 is 2.14 bits per heavy atom. The number of benzene rings is 2. The van der Waals surface area contributed by atoms with Crippen molar-refractivity contribution in [2.45, 2.75) is 32.8 Å². The van der Waals surface area contributed by atoms with Crippen molar-refractivity contribution in [2.75, 3.05) is 0 Å². The number of aliphatic carboxylic acids is 1. The minimum absolute atomic E-state index is 0.0254. The van der Waals surface area contributed by atoms with Gasteiger partial charge >= 0.3 is 5.97 Å². The lowest BCUT2D eigenvalue weighted by Gasteiger charge is -2.11. The predicted molar refractivity (Wildman–Crippen MR) is 107 cm³/mol. The first-order chi connectivity index (χ1) is 13.9. The first kappa shape index (κ1) is 20.4. The van der Waals surface area contributed by atoms with Crippen LogP contribution >= 0.6 is 11.6 Å². The van der Waals surface area contributed by atoms with E-state index in [-0.39, 0.29) is 24.2 Å². The number of halogens is 1. The molecular formula is C21H18ClN3O4. The van der Waals surface area contributed by atoms with E-state index in [0.29, 0.717) is 39.4 Å². The van der Waals surface area contributed by atoms with Crippen molar-refractivity contribution in [1.82, 2.24) is 10.1 Å². The number of hydrogen-bond donors (Lipinski definition) is 1. The summed E-state index contributed by atoms with van der Waals surface area (Å²) in [5, 5.41) is 22.6. The molecule has 0 saturated carbocycles. The van der Waals surface area contributed by atoms with E-state index in [2.05, 4.69) is 16.2 Å². The van der Waals surface area contributed by atoms with Gasteiger partial charge in [-0.05, 0) is 50.1 Å². The van der Waals surface area contributed by atoms with Crippen LogP contribution in [-0.4, -0.2) is 27.3 Å². The van der Waals surface area contributed by atoms with E-state index >= 15 is 0 Å². The normalized spacial score (nSPS) is 10.7. The molecule has 148 valence electrons. The van der Waals surface area contributed by atoms with Gasteiger partial charge in [0.25, 0.3) is 5.89 Å². The van der Waals surface area contributed by atoms with Crippen molar-refractivity contribution in [3.63, 3.8) is 0 Å². The lowest BCUT2D eigenvalue weighted by atomic mass is 10.1. The quantitative estimate of drug-likeness (QED) is 0.598. The van der Waals surface area contributed by atoms with Gasteiger partial charge in [-0.3, -0.25) is 4.79 Å². The van der Waals surface area contributed by atoms with Crippen LogP contribution < -0.4 is 4.74 Å². The van der Waals surface area contributed by atoms with Crippen LogP contribution in [0.2, 0.25) is 5.02 Å². The molecule has 2 aromatic carbocycles. The lowest BCUT2D eigenvalue weighted by Crippen LogP contribution is -2.06. The Morgan fingerprint density at radius 3 is 2.83 bits per heavy atom. The molecule has 8 heteroatoms. The van der Waals surface area contributed by atoms with E-state index in [9.17, 15) is 10.1 Å². The van der Waals surface area contributed by atoms with Crippen molar-refractivity contribution in [3.8, 4) is 34.7 Å². The molecule has 0 saturated heterocycles. The highest BCUT2D eigenvalue weighted by molar-refractivity contribution is 6.34. The fourth-order valence-corrected chi connectivity index (χ4v) is 3.05. The molecule has 0 aliphatic heterocycles. The van der Waals surface area contributed by atoms with Gasteiger partial charge in [0, 0.05) is 17.5 Å². The minimum Gasteiger partial charge on any atom is -0.490 e. The van der Waals surface area contributed by atoms with E-state index in [1.165, 1.54) is 0 Å². The fraction of sp³-hybridized carbons (Fsp3) is 0.238. The Hall–Kier alpha value is -3.37. The summed E-state index contributed by atoms with van der Waals surface area (Å²) in [5.74, 6) is 0.106. The first-order valence-corrected chi connectivity index (χ1v) is 9.31. The topological polar surface area (TPSA) is 109 Å². The zero-order chi connectivity index (χ0) is 21.0. The van der Waals surface area contributed by atoms with E-state index in [0.717, 1.165) is 0 Å². The van der Waals surface area contributed by atoms with Crippen molar-refractivity contribution < 1.29 is 19.2 Å². The Labute approximate surface area is 172 Å². The maximum Gasteiger partial charge on any atom is 0.303 e. The Bertz CT molecular complexity index is 1090. The number of rotatable bonds is 7. The second-order valence-corrected chi connectivity index (χ2v) is 6.96. The van der Waals surface area contributed by atoms with Crippen molar-refractivity contribution in [2.24, 2.45) is 0 Å². The standard InChI is InChI=1S/C21H18ClN3O4/c1-12(2)28-17-8-6-14(10-15(17)11-23)21-24-20(25-29-21)16-5-3-4-13(19(16)22)7-9-18(26)27/h3-6,8,10,12H,7,9H2,1-2H3,(H,26,27). The van der Waals surface area contributed by atoms with Crippen LogP contribution in [0, 0.1) is 11.3 Å². The summed E-state index contributed by atoms with van der Waals surface area (Å²) in [6.45, 7) is 3.77. The second-order valence-electron chi connectivity index (χ2n) is 6.58. The second kappa shape index (κ2) is 8.76. The SMILES string of the molecule is CC(C)Oc1ccc(-c2nc(-c3cccc(CCC(=O)O)c3Cl)no2)cc1C#N. The Kier molecular flexibility index (Phi) is 6.15. The molecular weight excluding hydrogens is 394 g/mol. The number of aryl methyl sites for hydroxylation is 1. The van der Waals surface area contributed by atoms with Crippen LogP contribution in [0.3, 0.4) is 0 Å². The molecule has 29 heavy (non-hydrogen) atoms. The third-order valence-corrected chi connectivity index (χ3v) is 4.51. The van der Waals surface area contributed by atoms with Crippen LogP contribution in [0.4, 0.5) is 0 Å². The fourth-order valence-electron chi connectivity index (χ4n) is 2.74. The predicted octanol–water partition coefficient (Wildman–Crippen LogP) is 4.73. The number of aromatic nitrogens is 2. The monoisotopic (exact) mass is 411 g/mol. The number of ether oxygens (including phenoxy) is 1. The Morgan fingerprint density at radius 1 is 1.34 bits per heavy atom. The molecule has 0 bridgehead atoms. The van der Waals surface area contributed by atoms with Gasteiger partial charge in [-0.1, -0.05) is 28.9 Å². The average Bonchev–Trinajstić information content (AvgIpc) is 3.17. The Balaban J connectivity index is 1.91. The van der Waals surface area contributed by atoms with Crippen molar-refractivity contribution in [3.05, 3.63) is 52.5 Å². The molecule has 0 amide bonds. The molecule has 0 radical (unpaired) electrons. The van der Waals surface area contributed by atoms with Crippen LogP contribution in [0.15, 0.2) is 40.9 Å². The van der Waals surface area contributed by atoms with Crippen LogP contribution in [0.1, 0.15) is 31.4 Å². The highest BCUT2D eigenvalue weighted by Gasteiger charge is 2.17. The van der Waals surface area contributed by atoms with Crippen LogP contribution in [0.25, 0.3) is 22.8 Å². The molecule has 7 nitrogen and oxygen atoms in total. The third kappa shape index (κ3) is 4.73. The summed E-state index contributed by atoms with van der Waals surface area (Å²) in [5.41, 5.74) is 2.18. The molecule has 0 aliphatic rings. The molecule has 0 spiro atoms. The largest absolute Gasteiger partial charge is 0.490 e. The summed E-state index contributed by atoms with van der Waals surface area (Å²) >= 11 is 6.42. The zero-order valence-electron chi connectivity index (χ0n) is 15.8. The van der Waals surface area contributed by atoms with Gasteiger partial charge in [0.15, 0.2) is 0 Å². The molecule has 1 N–H and O–H groups in total. The zero-order valence-corrected chi connectivity index (χ0v) is 16.6. The number of hydrogen-bond acceptors (Lipinski definition) is 6. The smallest absolute Gasteiger partial charge is 0.303 e. The number of carboxylic acids is 1. The van der Waals surface area contributed by atoms with E-state index in [4.69, 9.17) is 26.0 Å². The molecule has 0 aliphatic carbocycles. The molecule has 1 heterocycles. The number of carbonyl (C=O) groups is 1. The third-order valence-electron chi connectivity index (χ3n) is 4.06. The van der Waals surface area contributed by atoms with Gasteiger partial charge in [0.1, 0.15) is 11.8 Å². The van der Waals surface area contributed by atoms with Crippen LogP contribution in [0.5, 0.6) is 5.75 Å². The number of nitrogens with zero attached hydrogens (tertiary/aromatic N) is 3. The van der Waals surface area contributed by atoms with Gasteiger partial charge in [-0.25, -0.2) is 0 Å². The van der Waals surface area contributed by atoms with Gasteiger partial charge < -0.3 is 14.4 Å². The van der Waals surface area contributed by atoms with Gasteiger partial charge in [0.05, 0.1) is 16.7 Å². The number of nitriles is 1. The highest BCUT2D eigenvalue weighted by atomic mass is 35.5. The summed E-state index contributed by atoms with van der Waals surface area (Å²) < 4.78 is 11.0. The van der Waals surface area contributed by atoms with Gasteiger partial charge in [0.2, 0.25) is 5.82 Å². The van der Waals surface area contributed by atoms with Crippen LogP contribution in [-0.2, 0) is 11.2 Å². The summed E-state index contributed by atoms with van der Waals surface area (Å²) in [6.07, 6.45) is 0.219. The molecule has 3 aromatic rings. The first-order valence-electron chi connectivity index (χ1n) is 8.93. The van der Waals surface area contributed by atoms with E-state index in [1.54, 1.807) is 36.4 Å². The molecule has 0 fully saturated rings. The summed E-state index contributed by atoms with van der Waals surface area (Å²) in [7, 11) is 0. The summed E-state index contributed by atoms with van der Waals surface area (Å²) in [6, 6.07) is 12.4. The van der Waals surface area contributed by atoms with Gasteiger partial charge in [-0.2, -0.15) is 10.2 Å². The molecule has 1 aromatic heterocycles. The molecule has 0 unspecified atom stereocenters. The summed E-state index contributed by atoms with van der Waals surface area (Å²) in [4.78, 5) is 15.2. The molecule has 3 rings (SSSR count). The minimum atomic E-state index is -0.897. The molecule has 0 atom stereocenters. The van der Waals surface area contributed by atoms with Gasteiger partial charge in [-0.15, -0.1) is 0 Å². The lowest BCUT2D eigenvalue weighted by molar-refractivity contribution is -0.136. The maximum absolute atomic E-state index is 10.8. The highest BCUT2D eigenvalue weighted by Crippen LogP contribution is 2.32. The van der Waals surface area contributed by atoms with Crippen molar-refractivity contribution >= 4 is 17.6 Å². The maximum atomic E-state index is 10.8. The van der Waals surface area contributed by atoms with E-state index in [1.807, 2.05) is 13.8 Å². The number of carboxylic acid groups (broad SMARTS) is 1. The van der Waals surface area contributed by atoms with Crippen molar-refractivity contribution in [1.29, 1.82) is 5.26 Å². The average molecular weight is 412 g/mol.